The smallest absolute Gasteiger partial charge is 0.344 e. The fourth-order valence-corrected chi connectivity index (χ4v) is 6.91. The second-order valence-electron chi connectivity index (χ2n) is 11.4. The third-order valence-corrected chi connectivity index (χ3v) is 9.06. The summed E-state index contributed by atoms with van der Waals surface area (Å²) in [5, 5.41) is 11.9. The van der Waals surface area contributed by atoms with Gasteiger partial charge in [-0.05, 0) is 69.1 Å². The van der Waals surface area contributed by atoms with E-state index in [0.29, 0.717) is 24.8 Å². The molecule has 0 radical (unpaired) electrons. The monoisotopic (exact) mass is 510 g/mol. The van der Waals surface area contributed by atoms with Crippen LogP contribution >= 0.6 is 0 Å². The SMILES string of the molecule is C=C1C(=O)OC2CC(C)C3(O)C=C(C(C)=O)C4(OC3CC12)C(=O)OC1CC(C)C(/C=C/C(C)=O)=CCC14. The largest absolute Gasteiger partial charge is 0.459 e. The molecule has 0 aromatic heterocycles. The maximum Gasteiger partial charge on any atom is 0.344 e. The molecule has 9 atom stereocenters. The molecule has 8 nitrogen and oxygen atoms in total. The van der Waals surface area contributed by atoms with Gasteiger partial charge in [0.05, 0.1) is 6.10 Å². The zero-order valence-electron chi connectivity index (χ0n) is 21.7. The molecule has 2 saturated heterocycles. The minimum Gasteiger partial charge on any atom is -0.459 e. The Morgan fingerprint density at radius 2 is 1.84 bits per heavy atom. The number of Topliss-reactive ketones (excluding diaryl/α,β-unsaturated/α-hetero) is 1. The Hall–Kier alpha value is -2.84. The van der Waals surface area contributed by atoms with Crippen LogP contribution in [-0.4, -0.2) is 58.1 Å². The zero-order valence-corrected chi connectivity index (χ0v) is 21.7. The standard InChI is InChI=1S/C29H34O8/c1-14-10-24-21(9-8-19(14)7-6-16(3)30)29(27(33)36-24)22(18(5)31)13-28(34)15(2)11-23-20(12-25(28)37-29)17(4)26(32)35-23/h6-8,13-15,20-21,23-25,34H,4,9-12H2,1-3,5H3/b7-6+. The number of carbonyl (C=O) groups excluding carboxylic acids is 4. The lowest BCUT2D eigenvalue weighted by Gasteiger charge is -2.48. The molecule has 0 bridgehead atoms. The van der Waals surface area contributed by atoms with Crippen LogP contribution in [0.15, 0.2) is 47.6 Å². The topological polar surface area (TPSA) is 116 Å². The van der Waals surface area contributed by atoms with Crippen molar-refractivity contribution >= 4 is 23.5 Å². The van der Waals surface area contributed by atoms with Gasteiger partial charge in [-0.2, -0.15) is 0 Å². The molecule has 0 aromatic rings. The van der Waals surface area contributed by atoms with E-state index in [1.165, 1.54) is 26.0 Å². The van der Waals surface area contributed by atoms with Crippen LogP contribution in [0.1, 0.15) is 53.4 Å². The molecule has 5 aliphatic rings. The van der Waals surface area contributed by atoms with Gasteiger partial charge in [0.1, 0.15) is 17.8 Å². The number of esters is 2. The Labute approximate surface area is 216 Å². The fraction of sp³-hybridized carbons (Fsp3) is 0.586. The first kappa shape index (κ1) is 25.8. The molecule has 3 heterocycles. The molecular weight excluding hydrogens is 476 g/mol. The van der Waals surface area contributed by atoms with E-state index in [2.05, 4.69) is 6.58 Å². The molecule has 2 aliphatic carbocycles. The number of hydrogen-bond donors (Lipinski definition) is 1. The number of aliphatic hydroxyl groups is 1. The highest BCUT2D eigenvalue weighted by Gasteiger charge is 2.67. The van der Waals surface area contributed by atoms with E-state index in [1.54, 1.807) is 6.08 Å². The number of carbonyl (C=O) groups is 4. The van der Waals surface area contributed by atoms with E-state index in [0.717, 1.165) is 5.57 Å². The number of allylic oxidation sites excluding steroid dienone is 4. The lowest BCUT2D eigenvalue weighted by atomic mass is 9.69. The van der Waals surface area contributed by atoms with Crippen LogP contribution < -0.4 is 0 Å². The molecule has 0 aromatic carbocycles. The van der Waals surface area contributed by atoms with Crippen molar-refractivity contribution in [2.45, 2.75) is 82.9 Å². The lowest BCUT2D eigenvalue weighted by molar-refractivity contribution is -0.196. The third kappa shape index (κ3) is 3.87. The van der Waals surface area contributed by atoms with Crippen LogP contribution in [0, 0.1) is 23.7 Å². The number of rotatable bonds is 3. The summed E-state index contributed by atoms with van der Waals surface area (Å²) in [4.78, 5) is 50.4. The van der Waals surface area contributed by atoms with E-state index < -0.39 is 53.3 Å². The van der Waals surface area contributed by atoms with E-state index in [-0.39, 0.29) is 35.4 Å². The Morgan fingerprint density at radius 1 is 1.11 bits per heavy atom. The molecule has 37 heavy (non-hydrogen) atoms. The van der Waals surface area contributed by atoms with Gasteiger partial charge in [0.15, 0.2) is 11.6 Å². The maximum absolute atomic E-state index is 13.6. The van der Waals surface area contributed by atoms with Gasteiger partial charge in [-0.1, -0.05) is 32.6 Å². The summed E-state index contributed by atoms with van der Waals surface area (Å²) >= 11 is 0. The van der Waals surface area contributed by atoms with Crippen LogP contribution in [0.5, 0.6) is 0 Å². The Kier molecular flexibility index (Phi) is 6.19. The van der Waals surface area contributed by atoms with Gasteiger partial charge < -0.3 is 19.3 Å². The predicted molar refractivity (Wildman–Crippen MR) is 132 cm³/mol. The van der Waals surface area contributed by atoms with Gasteiger partial charge in [-0.25, -0.2) is 9.59 Å². The Bertz CT molecular complexity index is 1180. The van der Waals surface area contributed by atoms with Crippen LogP contribution in [0.25, 0.3) is 0 Å². The summed E-state index contributed by atoms with van der Waals surface area (Å²) in [7, 11) is 0. The molecular formula is C29H34O8. The summed E-state index contributed by atoms with van der Waals surface area (Å²) in [5.41, 5.74) is -1.80. The van der Waals surface area contributed by atoms with Gasteiger partial charge in [0, 0.05) is 23.0 Å². The molecule has 3 aliphatic heterocycles. The van der Waals surface area contributed by atoms with Gasteiger partial charge in [0.25, 0.3) is 0 Å². The van der Waals surface area contributed by atoms with Crippen molar-refractivity contribution in [1.29, 1.82) is 0 Å². The number of fused-ring (bicyclic) bond motifs is 4. The average Bonchev–Trinajstić information content (AvgIpc) is 3.09. The molecule has 8 heteroatoms. The van der Waals surface area contributed by atoms with E-state index in [9.17, 15) is 24.3 Å². The molecule has 3 fully saturated rings. The zero-order chi connectivity index (χ0) is 26.9. The normalized spacial score (nSPS) is 43.2. The Morgan fingerprint density at radius 3 is 2.51 bits per heavy atom. The minimum atomic E-state index is -1.67. The molecule has 1 spiro atoms. The molecule has 198 valence electrons. The van der Waals surface area contributed by atoms with Gasteiger partial charge in [-0.3, -0.25) is 9.59 Å². The van der Waals surface area contributed by atoms with Gasteiger partial charge >= 0.3 is 11.9 Å². The highest BCUT2D eigenvalue weighted by molar-refractivity contribution is 6.04. The molecule has 1 saturated carbocycles. The van der Waals surface area contributed by atoms with Crippen molar-refractivity contribution < 1.29 is 38.5 Å². The molecule has 5 rings (SSSR count). The molecule has 1 N–H and O–H groups in total. The highest BCUT2D eigenvalue weighted by Crippen LogP contribution is 2.55. The minimum absolute atomic E-state index is 0.0162. The van der Waals surface area contributed by atoms with Crippen LogP contribution in [0.3, 0.4) is 0 Å². The van der Waals surface area contributed by atoms with Crippen LogP contribution in [0.2, 0.25) is 0 Å². The Balaban J connectivity index is 1.59. The van der Waals surface area contributed by atoms with Crippen molar-refractivity contribution in [3.63, 3.8) is 0 Å². The van der Waals surface area contributed by atoms with E-state index in [4.69, 9.17) is 14.2 Å². The molecule has 0 amide bonds. The van der Waals surface area contributed by atoms with Crippen molar-refractivity contribution in [2.75, 3.05) is 0 Å². The fourth-order valence-electron chi connectivity index (χ4n) is 6.91. The van der Waals surface area contributed by atoms with Crippen molar-refractivity contribution in [2.24, 2.45) is 23.7 Å². The second kappa shape index (κ2) is 8.88. The highest BCUT2D eigenvalue weighted by atomic mass is 16.6. The first-order valence-corrected chi connectivity index (χ1v) is 13.0. The first-order chi connectivity index (χ1) is 17.4. The molecule has 9 unspecified atom stereocenters. The summed E-state index contributed by atoms with van der Waals surface area (Å²) in [6.45, 7) is 10.6. The van der Waals surface area contributed by atoms with Gasteiger partial charge in [0.2, 0.25) is 5.60 Å². The van der Waals surface area contributed by atoms with Crippen molar-refractivity contribution in [1.82, 2.24) is 0 Å². The van der Waals surface area contributed by atoms with E-state index >= 15 is 0 Å². The third-order valence-electron chi connectivity index (χ3n) is 9.06. The second-order valence-corrected chi connectivity index (χ2v) is 11.4. The van der Waals surface area contributed by atoms with Gasteiger partial charge in [-0.15, -0.1) is 0 Å². The van der Waals surface area contributed by atoms with Crippen LogP contribution in [0.4, 0.5) is 0 Å². The number of ketones is 2. The van der Waals surface area contributed by atoms with Crippen LogP contribution in [-0.2, 0) is 33.4 Å². The average molecular weight is 511 g/mol. The summed E-state index contributed by atoms with van der Waals surface area (Å²) < 4.78 is 18.1. The number of ether oxygens (including phenoxy) is 3. The summed E-state index contributed by atoms with van der Waals surface area (Å²) in [5.74, 6) is -2.75. The number of hydrogen-bond acceptors (Lipinski definition) is 8. The lowest BCUT2D eigenvalue weighted by Crippen LogP contribution is -2.61. The first-order valence-electron chi connectivity index (χ1n) is 13.0. The quantitative estimate of drug-likeness (QED) is 0.455. The van der Waals surface area contributed by atoms with Crippen molar-refractivity contribution in [3.05, 3.63) is 47.6 Å². The summed E-state index contributed by atoms with van der Waals surface area (Å²) in [6, 6.07) is 0. The maximum atomic E-state index is 13.6. The predicted octanol–water partition coefficient (Wildman–Crippen LogP) is 2.94. The van der Waals surface area contributed by atoms with Crippen molar-refractivity contribution in [3.8, 4) is 0 Å². The van der Waals surface area contributed by atoms with E-state index in [1.807, 2.05) is 19.9 Å². The summed E-state index contributed by atoms with van der Waals surface area (Å²) in [6.07, 6.45) is 6.50.